The molecule has 1 N–H and O–H groups in total. The number of aromatic nitrogens is 2. The molecule has 0 spiro atoms. The Morgan fingerprint density at radius 3 is 2.35 bits per heavy atom. The van der Waals surface area contributed by atoms with E-state index in [4.69, 9.17) is 34.8 Å². The number of amides is 1. The summed E-state index contributed by atoms with van der Waals surface area (Å²) in [4.78, 5) is 14.1. The average molecular weight is 397 g/mol. The third-order valence-corrected chi connectivity index (χ3v) is 5.25. The maximum Gasteiger partial charge on any atom is 0.274 e. The highest BCUT2D eigenvalue weighted by Crippen LogP contribution is 2.40. The van der Waals surface area contributed by atoms with E-state index in [1.165, 1.54) is 17.0 Å². The molecule has 1 amide bonds. The van der Waals surface area contributed by atoms with Crippen LogP contribution in [0.2, 0.25) is 15.1 Å². The molecule has 0 atom stereocenters. The molecule has 1 heterocycles. The van der Waals surface area contributed by atoms with E-state index < -0.39 is 11.7 Å². The van der Waals surface area contributed by atoms with Crippen molar-refractivity contribution >= 4 is 52.5 Å². The summed E-state index contributed by atoms with van der Waals surface area (Å²) in [6.07, 6.45) is 0. The second kappa shape index (κ2) is 7.75. The Bertz CT molecular complexity index is 711. The van der Waals surface area contributed by atoms with Crippen molar-refractivity contribution in [2.24, 2.45) is 0 Å². The van der Waals surface area contributed by atoms with Crippen LogP contribution in [0.1, 0.15) is 24.3 Å². The van der Waals surface area contributed by atoms with Gasteiger partial charge in [-0.3, -0.25) is 9.89 Å². The number of H-pyrrole nitrogens is 1. The molecule has 0 aliphatic rings. The first-order valence-electron chi connectivity index (χ1n) is 6.74. The maximum atomic E-state index is 14.5. The van der Waals surface area contributed by atoms with Gasteiger partial charge in [-0.25, -0.2) is 4.39 Å². The lowest BCUT2D eigenvalue weighted by molar-refractivity contribution is 0.0762. The van der Waals surface area contributed by atoms with Gasteiger partial charge in [0.1, 0.15) is 0 Å². The van der Waals surface area contributed by atoms with Crippen molar-refractivity contribution in [2.75, 3.05) is 13.1 Å². The van der Waals surface area contributed by atoms with Crippen LogP contribution in [-0.2, 0) is 0 Å². The molecule has 1 aromatic carbocycles. The minimum Gasteiger partial charge on any atom is -0.338 e. The summed E-state index contributed by atoms with van der Waals surface area (Å²) in [5, 5.41) is 7.24. The van der Waals surface area contributed by atoms with Gasteiger partial charge in [-0.05, 0) is 26.0 Å². The van der Waals surface area contributed by atoms with E-state index in [9.17, 15) is 9.18 Å². The number of hydrogen-bond acceptors (Lipinski definition) is 3. The molecule has 0 saturated heterocycles. The number of carbonyl (C=O) groups is 1. The summed E-state index contributed by atoms with van der Waals surface area (Å²) in [5.41, 5.74) is -0.183. The Morgan fingerprint density at radius 2 is 1.83 bits per heavy atom. The van der Waals surface area contributed by atoms with E-state index in [2.05, 4.69) is 10.2 Å². The number of rotatable bonds is 5. The number of nitrogens with one attached hydrogen (secondary N) is 1. The van der Waals surface area contributed by atoms with E-state index in [1.54, 1.807) is 0 Å². The first kappa shape index (κ1) is 18.4. The smallest absolute Gasteiger partial charge is 0.274 e. The van der Waals surface area contributed by atoms with E-state index in [0.717, 1.165) is 11.8 Å². The topological polar surface area (TPSA) is 49.0 Å². The van der Waals surface area contributed by atoms with Crippen molar-refractivity contribution in [3.8, 4) is 0 Å². The molecule has 23 heavy (non-hydrogen) atoms. The third-order valence-electron chi connectivity index (χ3n) is 3.10. The lowest BCUT2D eigenvalue weighted by Gasteiger charge is -2.17. The van der Waals surface area contributed by atoms with Gasteiger partial charge in [-0.15, -0.1) is 0 Å². The van der Waals surface area contributed by atoms with Gasteiger partial charge in [0.15, 0.2) is 16.5 Å². The van der Waals surface area contributed by atoms with Crippen LogP contribution in [0.5, 0.6) is 0 Å². The largest absolute Gasteiger partial charge is 0.338 e. The SMILES string of the molecule is CCN(CC)C(=O)c1[nH]nc(Sc2c(Cl)cc(Cl)cc2Cl)c1F. The van der Waals surface area contributed by atoms with Crippen LogP contribution in [-0.4, -0.2) is 34.1 Å². The Hall–Kier alpha value is -0.950. The fourth-order valence-corrected chi connectivity index (χ4v) is 3.75. The predicted octanol–water partition coefficient (Wildman–Crippen LogP) is 5.14. The van der Waals surface area contributed by atoms with Gasteiger partial charge in [0.05, 0.1) is 14.9 Å². The molecule has 1 aromatic heterocycles. The number of nitrogens with zero attached hydrogens (tertiary/aromatic N) is 2. The lowest BCUT2D eigenvalue weighted by Crippen LogP contribution is -2.31. The van der Waals surface area contributed by atoms with Crippen LogP contribution >= 0.6 is 46.6 Å². The van der Waals surface area contributed by atoms with Gasteiger partial charge >= 0.3 is 0 Å². The lowest BCUT2D eigenvalue weighted by atomic mass is 10.3. The molecule has 0 unspecified atom stereocenters. The quantitative estimate of drug-likeness (QED) is 0.761. The van der Waals surface area contributed by atoms with Gasteiger partial charge in [-0.2, -0.15) is 5.10 Å². The first-order valence-corrected chi connectivity index (χ1v) is 8.69. The summed E-state index contributed by atoms with van der Waals surface area (Å²) in [5.74, 6) is -1.17. The Kier molecular flexibility index (Phi) is 6.19. The maximum absolute atomic E-state index is 14.5. The highest BCUT2D eigenvalue weighted by atomic mass is 35.5. The predicted molar refractivity (Wildman–Crippen MR) is 91.4 cm³/mol. The van der Waals surface area contributed by atoms with Crippen molar-refractivity contribution in [2.45, 2.75) is 23.8 Å². The zero-order valence-electron chi connectivity index (χ0n) is 12.3. The highest BCUT2D eigenvalue weighted by Gasteiger charge is 2.24. The Labute approximate surface area is 152 Å². The number of hydrogen-bond donors (Lipinski definition) is 1. The van der Waals surface area contributed by atoms with Gasteiger partial charge in [0, 0.05) is 18.1 Å². The summed E-state index contributed by atoms with van der Waals surface area (Å²) in [7, 11) is 0. The average Bonchev–Trinajstić information content (AvgIpc) is 2.85. The zero-order valence-corrected chi connectivity index (χ0v) is 15.4. The van der Waals surface area contributed by atoms with E-state index in [1.807, 2.05) is 13.8 Å². The number of benzene rings is 1. The molecule has 0 aliphatic carbocycles. The van der Waals surface area contributed by atoms with Crippen LogP contribution < -0.4 is 0 Å². The minimum absolute atomic E-state index is 0.00775. The second-order valence-corrected chi connectivity index (χ2v) is 6.75. The monoisotopic (exact) mass is 395 g/mol. The fraction of sp³-hybridized carbons (Fsp3) is 0.286. The van der Waals surface area contributed by atoms with Gasteiger partial charge < -0.3 is 4.90 Å². The molecule has 0 radical (unpaired) electrons. The normalized spacial score (nSPS) is 10.9. The van der Waals surface area contributed by atoms with Crippen LogP contribution in [0.3, 0.4) is 0 Å². The zero-order chi connectivity index (χ0) is 17.1. The van der Waals surface area contributed by atoms with Crippen molar-refractivity contribution < 1.29 is 9.18 Å². The summed E-state index contributed by atoms with van der Waals surface area (Å²) in [6, 6.07) is 3.01. The third kappa shape index (κ3) is 3.94. The summed E-state index contributed by atoms with van der Waals surface area (Å²) >= 11 is 18.9. The van der Waals surface area contributed by atoms with Crippen LogP contribution in [0.25, 0.3) is 0 Å². The summed E-state index contributed by atoms with van der Waals surface area (Å²) < 4.78 is 14.5. The van der Waals surface area contributed by atoms with Crippen LogP contribution in [0.4, 0.5) is 4.39 Å². The molecule has 2 aromatic rings. The molecule has 0 aliphatic heterocycles. The number of halogens is 4. The molecule has 9 heteroatoms. The van der Waals surface area contributed by atoms with Crippen molar-refractivity contribution in [3.05, 3.63) is 38.7 Å². The molecule has 2 rings (SSSR count). The van der Waals surface area contributed by atoms with Crippen LogP contribution in [0.15, 0.2) is 22.1 Å². The van der Waals surface area contributed by atoms with Gasteiger partial charge in [0.2, 0.25) is 0 Å². The van der Waals surface area contributed by atoms with E-state index in [0.29, 0.717) is 23.0 Å². The summed E-state index contributed by atoms with van der Waals surface area (Å²) in [6.45, 7) is 4.59. The molecule has 124 valence electrons. The van der Waals surface area contributed by atoms with E-state index >= 15 is 0 Å². The molecular formula is C14H13Cl3FN3OS. The van der Waals surface area contributed by atoms with Gasteiger partial charge in [-0.1, -0.05) is 46.6 Å². The molecule has 0 bridgehead atoms. The Balaban J connectivity index is 2.32. The van der Waals surface area contributed by atoms with Crippen molar-refractivity contribution in [1.29, 1.82) is 0 Å². The Morgan fingerprint density at radius 1 is 1.26 bits per heavy atom. The van der Waals surface area contributed by atoms with Crippen molar-refractivity contribution in [1.82, 2.24) is 15.1 Å². The first-order chi connectivity index (χ1) is 10.9. The standard InChI is InChI=1S/C14H13Cl3FN3OS/c1-3-21(4-2)14(22)11-10(18)13(20-19-11)23-12-8(16)5-7(15)6-9(12)17/h5-6H,3-4H2,1-2H3,(H,19,20). The van der Waals surface area contributed by atoms with Crippen LogP contribution in [0, 0.1) is 5.82 Å². The fourth-order valence-electron chi connectivity index (χ4n) is 1.91. The van der Waals surface area contributed by atoms with E-state index in [-0.39, 0.29) is 20.8 Å². The number of carbonyl (C=O) groups excluding carboxylic acids is 1. The minimum atomic E-state index is -0.728. The number of aromatic amines is 1. The highest BCUT2D eigenvalue weighted by molar-refractivity contribution is 7.99. The molecule has 4 nitrogen and oxygen atoms in total. The molecule has 0 fully saturated rings. The van der Waals surface area contributed by atoms with Crippen molar-refractivity contribution in [3.63, 3.8) is 0 Å². The van der Waals surface area contributed by atoms with Gasteiger partial charge in [0.25, 0.3) is 5.91 Å². The molecule has 0 saturated carbocycles. The molecular weight excluding hydrogens is 384 g/mol. The second-order valence-electron chi connectivity index (χ2n) is 4.50.